The molecule has 0 bridgehead atoms. The van der Waals surface area contributed by atoms with Crippen LogP contribution in [0.2, 0.25) is 0 Å². The highest BCUT2D eigenvalue weighted by atomic mass is 15.3. The Bertz CT molecular complexity index is 3310. The number of hydrogen-bond acceptors (Lipinski definition) is 3. The summed E-state index contributed by atoms with van der Waals surface area (Å²) in [4.78, 5) is 8.22. The Morgan fingerprint density at radius 3 is 1.64 bits per heavy atom. The molecule has 4 aliphatic rings. The summed E-state index contributed by atoms with van der Waals surface area (Å²) in [5, 5.41) is 0. The first kappa shape index (κ1) is 49.2. The Morgan fingerprint density at radius 2 is 0.973 bits per heavy atom. The summed E-state index contributed by atoms with van der Waals surface area (Å²) in [7, 11) is 0. The van der Waals surface area contributed by atoms with Crippen LogP contribution in [0.1, 0.15) is 164 Å². The van der Waals surface area contributed by atoms with Crippen molar-refractivity contribution in [3.05, 3.63) is 173 Å². The fraction of sp³-hybridized carbons (Fsp3) is 0.391. The maximum atomic E-state index is 2.85. The summed E-state index contributed by atoms with van der Waals surface area (Å²) in [5.41, 5.74) is 22.9. The van der Waals surface area contributed by atoms with Crippen molar-refractivity contribution in [1.82, 2.24) is 0 Å². The molecule has 3 aliphatic heterocycles. The lowest BCUT2D eigenvalue weighted by Crippen LogP contribution is -2.67. The minimum atomic E-state index is -0.172. The van der Waals surface area contributed by atoms with Crippen LogP contribution in [0, 0.1) is 5.41 Å². The molecule has 374 valence electrons. The number of anilines is 8. The minimum absolute atomic E-state index is 0.00385. The third-order valence-corrected chi connectivity index (χ3v) is 18.7. The average molecular weight is 962 g/mol. The molecule has 4 heteroatoms. The van der Waals surface area contributed by atoms with E-state index in [4.69, 9.17) is 0 Å². The molecule has 0 aromatic heterocycles. The van der Waals surface area contributed by atoms with Crippen LogP contribution in [-0.2, 0) is 27.1 Å². The van der Waals surface area contributed by atoms with Gasteiger partial charge < -0.3 is 14.7 Å². The molecule has 1 fully saturated rings. The molecule has 11 rings (SSSR count). The second-order valence-corrected chi connectivity index (χ2v) is 27.5. The largest absolute Gasteiger partial charge is 0.335 e. The van der Waals surface area contributed by atoms with Crippen LogP contribution < -0.4 is 31.1 Å². The molecule has 2 atom stereocenters. The van der Waals surface area contributed by atoms with Crippen molar-refractivity contribution >= 4 is 68.6 Å². The van der Waals surface area contributed by atoms with Gasteiger partial charge in [-0.15, -0.1) is 0 Å². The predicted octanol–water partition coefficient (Wildman–Crippen LogP) is 17.4. The maximum Gasteiger partial charge on any atom is 0.252 e. The second kappa shape index (κ2) is 16.5. The van der Waals surface area contributed by atoms with Gasteiger partial charge in [0.2, 0.25) is 0 Å². The number of nitrogens with zero attached hydrogens (tertiary/aromatic N) is 3. The Hall–Kier alpha value is -6.00. The fourth-order valence-electron chi connectivity index (χ4n) is 13.8. The molecular weight excluding hydrogens is 882 g/mol. The van der Waals surface area contributed by atoms with Crippen molar-refractivity contribution < 1.29 is 0 Å². The van der Waals surface area contributed by atoms with Gasteiger partial charge in [-0.3, -0.25) is 0 Å². The lowest BCUT2D eigenvalue weighted by molar-refractivity contribution is 0.0106. The molecule has 2 unspecified atom stereocenters. The highest BCUT2D eigenvalue weighted by Gasteiger charge is 2.62. The van der Waals surface area contributed by atoms with Gasteiger partial charge in [-0.25, -0.2) is 0 Å². The van der Waals surface area contributed by atoms with Crippen molar-refractivity contribution in [2.45, 2.75) is 169 Å². The van der Waals surface area contributed by atoms with Crippen LogP contribution in [0.15, 0.2) is 146 Å². The Kier molecular flexibility index (Phi) is 11.1. The first-order chi connectivity index (χ1) is 34.2. The number of benzene rings is 7. The second-order valence-electron chi connectivity index (χ2n) is 27.5. The fourth-order valence-corrected chi connectivity index (χ4v) is 13.8. The minimum Gasteiger partial charge on any atom is -0.335 e. The SMILES string of the molecule is CC(C)(C)c1cccc(N2c3cc(C(C)(C)C)ccc3B3c4cc(C(C)(C)C)ccc4N(c4ccc(C(C)(C)C)cc4-c4ccccc4)c4cc(N5c6ccccc6C(C)(C)C6(C)CCCCC56C)cc2c43)c1. The van der Waals surface area contributed by atoms with Gasteiger partial charge in [0.05, 0.1) is 5.69 Å². The quantitative estimate of drug-likeness (QED) is 0.163. The van der Waals surface area contributed by atoms with Crippen LogP contribution in [0.3, 0.4) is 0 Å². The maximum absolute atomic E-state index is 2.85. The molecule has 0 radical (unpaired) electrons. The van der Waals surface area contributed by atoms with Crippen LogP contribution >= 0.6 is 0 Å². The number of rotatable bonds is 4. The van der Waals surface area contributed by atoms with E-state index in [1.165, 1.54) is 120 Å². The van der Waals surface area contributed by atoms with E-state index in [1.807, 2.05) is 0 Å². The molecule has 0 amide bonds. The van der Waals surface area contributed by atoms with Crippen LogP contribution in [0.25, 0.3) is 11.1 Å². The number of hydrogen-bond donors (Lipinski definition) is 0. The van der Waals surface area contributed by atoms with Gasteiger partial charge in [0.25, 0.3) is 6.71 Å². The van der Waals surface area contributed by atoms with E-state index < -0.39 is 0 Å². The van der Waals surface area contributed by atoms with Crippen molar-refractivity contribution in [3.8, 4) is 11.1 Å². The van der Waals surface area contributed by atoms with Gasteiger partial charge in [0.15, 0.2) is 0 Å². The number of para-hydroxylation sites is 1. The summed E-state index contributed by atoms with van der Waals surface area (Å²) in [5.74, 6) is 0. The third kappa shape index (κ3) is 7.57. The standard InChI is InChI=1S/C69H80BN3/c1-63(2,3)46-27-24-28-50(39-46)71-59-42-49(66(10,11)12)31-34-54(59)70-55-41-48(65(7,8)9)33-36-58(55)72(56-35-32-47(64(4,5)6)40-52(56)45-25-18-17-19-26-45)61-44-51(43-60(71)62(61)70)73-57-30-21-20-29-53(57)67(13,14)68(15)37-22-23-38-69(68,73)16/h17-21,24-36,39-44H,22-23,37-38H2,1-16H3. The summed E-state index contributed by atoms with van der Waals surface area (Å²) < 4.78 is 0. The highest BCUT2D eigenvalue weighted by molar-refractivity contribution is 7.00. The lowest BCUT2D eigenvalue weighted by atomic mass is 9.33. The predicted molar refractivity (Wildman–Crippen MR) is 317 cm³/mol. The van der Waals surface area contributed by atoms with E-state index in [1.54, 1.807) is 0 Å². The van der Waals surface area contributed by atoms with Gasteiger partial charge in [0.1, 0.15) is 0 Å². The molecule has 0 spiro atoms. The molecular formula is C69H80BN3. The van der Waals surface area contributed by atoms with E-state index in [0.717, 1.165) is 6.42 Å². The summed E-state index contributed by atoms with van der Waals surface area (Å²) in [6, 6.07) is 57.6. The zero-order chi connectivity index (χ0) is 52.0. The van der Waals surface area contributed by atoms with Crippen molar-refractivity contribution in [3.63, 3.8) is 0 Å². The Morgan fingerprint density at radius 1 is 0.411 bits per heavy atom. The molecule has 0 N–H and O–H groups in total. The summed E-state index contributed by atoms with van der Waals surface area (Å²) in [6.07, 6.45) is 4.78. The molecule has 7 aromatic rings. The summed E-state index contributed by atoms with van der Waals surface area (Å²) >= 11 is 0. The zero-order valence-electron chi connectivity index (χ0n) is 47.1. The first-order valence-corrected chi connectivity index (χ1v) is 27.5. The van der Waals surface area contributed by atoms with Gasteiger partial charge in [-0.2, -0.15) is 0 Å². The van der Waals surface area contributed by atoms with Crippen molar-refractivity contribution in [2.75, 3.05) is 14.7 Å². The highest BCUT2D eigenvalue weighted by Crippen LogP contribution is 2.66. The van der Waals surface area contributed by atoms with Crippen molar-refractivity contribution in [1.29, 1.82) is 0 Å². The molecule has 3 nitrogen and oxygen atoms in total. The molecule has 1 saturated carbocycles. The molecule has 7 aromatic carbocycles. The average Bonchev–Trinajstić information content (AvgIpc) is 3.33. The molecule has 73 heavy (non-hydrogen) atoms. The monoisotopic (exact) mass is 962 g/mol. The first-order valence-electron chi connectivity index (χ1n) is 27.5. The zero-order valence-corrected chi connectivity index (χ0v) is 47.1. The van der Waals surface area contributed by atoms with E-state index in [-0.39, 0.29) is 44.7 Å². The van der Waals surface area contributed by atoms with Crippen molar-refractivity contribution in [2.24, 2.45) is 5.41 Å². The van der Waals surface area contributed by atoms with E-state index in [2.05, 4.69) is 271 Å². The number of fused-ring (bicyclic) bond motifs is 6. The normalized spacial score (nSPS) is 20.2. The smallest absolute Gasteiger partial charge is 0.252 e. The topological polar surface area (TPSA) is 9.72 Å². The van der Waals surface area contributed by atoms with E-state index >= 15 is 0 Å². The van der Waals surface area contributed by atoms with Crippen LogP contribution in [-0.4, -0.2) is 12.3 Å². The van der Waals surface area contributed by atoms with E-state index in [9.17, 15) is 0 Å². The van der Waals surface area contributed by atoms with E-state index in [0.29, 0.717) is 0 Å². The lowest BCUT2D eigenvalue weighted by Gasteiger charge is -2.66. The third-order valence-electron chi connectivity index (χ3n) is 18.7. The van der Waals surface area contributed by atoms with Gasteiger partial charge in [0, 0.05) is 56.3 Å². The molecule has 3 heterocycles. The summed E-state index contributed by atoms with van der Waals surface area (Å²) in [6.45, 7) is 38.6. The van der Waals surface area contributed by atoms with Gasteiger partial charge >= 0.3 is 0 Å². The Labute approximate surface area is 440 Å². The Balaban J connectivity index is 1.33. The molecule has 1 aliphatic carbocycles. The molecule has 0 saturated heterocycles. The van der Waals surface area contributed by atoms with Crippen LogP contribution in [0.5, 0.6) is 0 Å². The van der Waals surface area contributed by atoms with Crippen LogP contribution in [0.4, 0.5) is 45.5 Å². The van der Waals surface area contributed by atoms with Gasteiger partial charge in [-0.05, 0) is 151 Å². The van der Waals surface area contributed by atoms with Gasteiger partial charge in [-0.1, -0.05) is 208 Å².